The van der Waals surface area contributed by atoms with Crippen LogP contribution in [-0.4, -0.2) is 46.5 Å². The lowest BCUT2D eigenvalue weighted by Gasteiger charge is -2.36. The molecular weight excluding hydrogens is 486 g/mol. The molecule has 2 aliphatic heterocycles. The smallest absolute Gasteiger partial charge is 0.231 e. The number of allylic oxidation sites excluding steroid dienone is 1. The van der Waals surface area contributed by atoms with E-state index in [0.29, 0.717) is 23.4 Å². The van der Waals surface area contributed by atoms with Crippen LogP contribution < -0.4 is 9.64 Å². The summed E-state index contributed by atoms with van der Waals surface area (Å²) >= 11 is 6.17. The molecule has 0 unspecified atom stereocenters. The van der Waals surface area contributed by atoms with Gasteiger partial charge in [-0.1, -0.05) is 35.9 Å². The molecule has 4 aromatic rings. The molecule has 188 valence electrons. The first kappa shape index (κ1) is 23.6. The highest BCUT2D eigenvalue weighted by atomic mass is 35.5. The Morgan fingerprint density at radius 1 is 1.03 bits per heavy atom. The number of anilines is 1. The summed E-state index contributed by atoms with van der Waals surface area (Å²) in [5.74, 6) is 0.738. The van der Waals surface area contributed by atoms with Crippen molar-refractivity contribution in [2.75, 3.05) is 31.1 Å². The molecular formula is C30H28ClN3O3. The maximum Gasteiger partial charge on any atom is 0.231 e. The summed E-state index contributed by atoms with van der Waals surface area (Å²) in [6.07, 6.45) is 3.87. The summed E-state index contributed by atoms with van der Waals surface area (Å²) in [7, 11) is 0. The number of nitrogens with zero attached hydrogens (tertiary/aromatic N) is 3. The number of fused-ring (bicyclic) bond motifs is 2. The minimum absolute atomic E-state index is 0.146. The van der Waals surface area contributed by atoms with Crippen molar-refractivity contribution in [3.63, 3.8) is 0 Å². The first-order valence-electron chi connectivity index (χ1n) is 12.6. The van der Waals surface area contributed by atoms with Crippen molar-refractivity contribution in [3.8, 4) is 11.5 Å². The highest BCUT2D eigenvalue weighted by molar-refractivity contribution is 6.30. The standard InChI is InChI=1S/C30H28ClN3O3/c1-2-33-18-20(23-8-3-4-9-26(23)33)16-28-29(36)24-10-11-27(35)25(30(24)37-28)19-32-12-14-34(15-13-32)22-7-5-6-21(31)17-22/h3-11,16-18,35H,2,12-15,19H2,1H3/b28-16+. The number of ether oxygens (including phenoxy) is 1. The van der Waals surface area contributed by atoms with Gasteiger partial charge in [-0.3, -0.25) is 9.69 Å². The van der Waals surface area contributed by atoms with Crippen LogP contribution in [-0.2, 0) is 13.1 Å². The molecule has 0 atom stereocenters. The first-order chi connectivity index (χ1) is 18.0. The number of piperazine rings is 1. The number of phenolic OH excluding ortho intramolecular Hbond substituents is 1. The van der Waals surface area contributed by atoms with Crippen LogP contribution in [0, 0.1) is 0 Å². The summed E-state index contributed by atoms with van der Waals surface area (Å²) in [6, 6.07) is 19.3. The van der Waals surface area contributed by atoms with E-state index in [-0.39, 0.29) is 17.3 Å². The van der Waals surface area contributed by atoms with Crippen molar-refractivity contribution < 1.29 is 14.6 Å². The van der Waals surface area contributed by atoms with Gasteiger partial charge in [0.15, 0.2) is 5.76 Å². The molecule has 1 aromatic heterocycles. The van der Waals surface area contributed by atoms with Gasteiger partial charge in [0, 0.05) is 72.6 Å². The maximum atomic E-state index is 13.3. The van der Waals surface area contributed by atoms with Crippen LogP contribution >= 0.6 is 11.6 Å². The molecule has 1 N–H and O–H groups in total. The van der Waals surface area contributed by atoms with Crippen LogP contribution in [0.2, 0.25) is 5.02 Å². The number of benzene rings is 3. The Bertz CT molecular complexity index is 1530. The van der Waals surface area contributed by atoms with Gasteiger partial charge >= 0.3 is 0 Å². The van der Waals surface area contributed by atoms with Gasteiger partial charge in [-0.15, -0.1) is 0 Å². The third-order valence-electron chi connectivity index (χ3n) is 7.29. The summed E-state index contributed by atoms with van der Waals surface area (Å²) in [5, 5.41) is 12.5. The molecule has 6 nitrogen and oxygen atoms in total. The Morgan fingerprint density at radius 3 is 2.62 bits per heavy atom. The predicted octanol–water partition coefficient (Wildman–Crippen LogP) is 5.96. The van der Waals surface area contributed by atoms with Gasteiger partial charge in [0.1, 0.15) is 11.5 Å². The Hall–Kier alpha value is -3.74. The summed E-state index contributed by atoms with van der Waals surface area (Å²) < 4.78 is 8.32. The van der Waals surface area contributed by atoms with E-state index < -0.39 is 0 Å². The van der Waals surface area contributed by atoms with Crippen LogP contribution in [0.15, 0.2) is 72.6 Å². The fraction of sp³-hybridized carbons (Fsp3) is 0.233. The minimum atomic E-state index is -0.157. The number of ketones is 1. The lowest BCUT2D eigenvalue weighted by atomic mass is 10.0. The molecule has 7 heteroatoms. The zero-order chi connectivity index (χ0) is 25.5. The number of Topliss-reactive ketones (excluding diaryl/α,β-unsaturated/α-hetero) is 1. The highest BCUT2D eigenvalue weighted by Gasteiger charge is 2.32. The number of carbonyl (C=O) groups excluding carboxylic acids is 1. The molecule has 0 radical (unpaired) electrons. The van der Waals surface area contributed by atoms with Crippen molar-refractivity contribution in [3.05, 3.63) is 94.3 Å². The van der Waals surface area contributed by atoms with Crippen molar-refractivity contribution >= 4 is 40.1 Å². The van der Waals surface area contributed by atoms with Gasteiger partial charge in [0.25, 0.3) is 0 Å². The predicted molar refractivity (Wildman–Crippen MR) is 148 cm³/mol. The van der Waals surface area contributed by atoms with Crippen molar-refractivity contribution in [1.29, 1.82) is 0 Å². The van der Waals surface area contributed by atoms with E-state index >= 15 is 0 Å². The van der Waals surface area contributed by atoms with Gasteiger partial charge in [0.2, 0.25) is 5.78 Å². The van der Waals surface area contributed by atoms with E-state index in [1.165, 1.54) is 0 Å². The molecule has 6 rings (SSSR count). The SMILES string of the molecule is CCn1cc(/C=C2/Oc3c(ccc(O)c3CN3CCN(c4cccc(Cl)c4)CC3)C2=O)c2ccccc21. The first-order valence-corrected chi connectivity index (χ1v) is 13.0. The number of rotatable bonds is 5. The monoisotopic (exact) mass is 513 g/mol. The number of phenols is 1. The molecule has 37 heavy (non-hydrogen) atoms. The zero-order valence-electron chi connectivity index (χ0n) is 20.7. The normalized spacial score (nSPS) is 17.0. The zero-order valence-corrected chi connectivity index (χ0v) is 21.4. The number of carbonyl (C=O) groups is 1. The molecule has 2 aliphatic rings. The Balaban J connectivity index is 1.23. The van der Waals surface area contributed by atoms with E-state index in [0.717, 1.165) is 59.9 Å². The van der Waals surface area contributed by atoms with Gasteiger partial charge in [-0.2, -0.15) is 0 Å². The molecule has 0 amide bonds. The third kappa shape index (κ3) is 4.37. The van der Waals surface area contributed by atoms with Crippen molar-refractivity contribution in [1.82, 2.24) is 9.47 Å². The second-order valence-corrected chi connectivity index (χ2v) is 9.95. The van der Waals surface area contributed by atoms with Crippen molar-refractivity contribution in [2.45, 2.75) is 20.0 Å². The van der Waals surface area contributed by atoms with Crippen LogP contribution in [0.25, 0.3) is 17.0 Å². The second kappa shape index (κ2) is 9.61. The molecule has 1 fully saturated rings. The average Bonchev–Trinajstić information content (AvgIpc) is 3.43. The number of hydrogen-bond donors (Lipinski definition) is 1. The van der Waals surface area contributed by atoms with Crippen LogP contribution in [0.1, 0.15) is 28.4 Å². The van der Waals surface area contributed by atoms with Gasteiger partial charge < -0.3 is 19.3 Å². The molecule has 0 spiro atoms. The number of aromatic hydroxyl groups is 1. The highest BCUT2D eigenvalue weighted by Crippen LogP contribution is 2.40. The van der Waals surface area contributed by atoms with Crippen LogP contribution in [0.3, 0.4) is 0 Å². The molecule has 0 bridgehead atoms. The number of hydrogen-bond acceptors (Lipinski definition) is 5. The summed E-state index contributed by atoms with van der Waals surface area (Å²) in [6.45, 7) is 6.78. The summed E-state index contributed by atoms with van der Waals surface area (Å²) in [5.41, 5.74) is 4.33. The Labute approximate surface area is 220 Å². The van der Waals surface area contributed by atoms with E-state index in [1.54, 1.807) is 12.1 Å². The number of para-hydroxylation sites is 1. The topological polar surface area (TPSA) is 57.9 Å². The fourth-order valence-corrected chi connectivity index (χ4v) is 5.49. The average molecular weight is 514 g/mol. The minimum Gasteiger partial charge on any atom is -0.507 e. The van der Waals surface area contributed by atoms with E-state index in [9.17, 15) is 9.90 Å². The molecule has 0 saturated carbocycles. The molecule has 0 aliphatic carbocycles. The van der Waals surface area contributed by atoms with Gasteiger partial charge in [-0.25, -0.2) is 0 Å². The lowest BCUT2D eigenvalue weighted by molar-refractivity contribution is 0.101. The number of aryl methyl sites for hydroxylation is 1. The van der Waals surface area contributed by atoms with Crippen molar-refractivity contribution in [2.24, 2.45) is 0 Å². The van der Waals surface area contributed by atoms with Crippen LogP contribution in [0.4, 0.5) is 5.69 Å². The Kier molecular flexibility index (Phi) is 6.14. The molecule has 1 saturated heterocycles. The Morgan fingerprint density at radius 2 is 1.84 bits per heavy atom. The lowest BCUT2D eigenvalue weighted by Crippen LogP contribution is -2.46. The largest absolute Gasteiger partial charge is 0.507 e. The second-order valence-electron chi connectivity index (χ2n) is 9.51. The number of aromatic nitrogens is 1. The van der Waals surface area contributed by atoms with Crippen LogP contribution in [0.5, 0.6) is 11.5 Å². The number of halogens is 1. The fourth-order valence-electron chi connectivity index (χ4n) is 5.30. The van der Waals surface area contributed by atoms with Gasteiger partial charge in [-0.05, 0) is 49.4 Å². The molecule has 3 heterocycles. The maximum absolute atomic E-state index is 13.3. The van der Waals surface area contributed by atoms with E-state index in [1.807, 2.05) is 36.4 Å². The quantitative estimate of drug-likeness (QED) is 0.334. The summed E-state index contributed by atoms with van der Waals surface area (Å²) in [4.78, 5) is 17.9. The van der Waals surface area contributed by atoms with Gasteiger partial charge in [0.05, 0.1) is 11.1 Å². The molecule has 3 aromatic carbocycles. The third-order valence-corrected chi connectivity index (χ3v) is 7.53. The van der Waals surface area contributed by atoms with E-state index in [2.05, 4.69) is 45.7 Å². The van der Waals surface area contributed by atoms with E-state index in [4.69, 9.17) is 16.3 Å².